The van der Waals surface area contributed by atoms with Gasteiger partial charge in [0.25, 0.3) is 5.89 Å². The van der Waals surface area contributed by atoms with E-state index in [0.717, 1.165) is 0 Å². The Kier molecular flexibility index (Phi) is 10.9. The van der Waals surface area contributed by atoms with E-state index in [-0.39, 0.29) is 24.9 Å². The van der Waals surface area contributed by atoms with Crippen molar-refractivity contribution < 1.29 is 33.5 Å². The van der Waals surface area contributed by atoms with Crippen LogP contribution in [-0.2, 0) is 25.6 Å². The summed E-state index contributed by atoms with van der Waals surface area (Å²) >= 11 is 0. The number of carbonyl (C=O) groups excluding carboxylic acids is 3. The number of methoxy groups -OCH3 is 1. The number of likely N-dealkylation sites (N-methyl/N-ethyl adjacent to an activating group) is 1. The maximum absolute atomic E-state index is 13.1. The first kappa shape index (κ1) is 30.4. The highest BCUT2D eigenvalue weighted by Crippen LogP contribution is 2.26. The fourth-order valence-electron chi connectivity index (χ4n) is 3.62. The summed E-state index contributed by atoms with van der Waals surface area (Å²) in [5.41, 5.74) is 1.14. The lowest BCUT2D eigenvalue weighted by Gasteiger charge is -2.26. The number of nitrogens with zero attached hydrogens (tertiary/aromatic N) is 3. The lowest BCUT2D eigenvalue weighted by atomic mass is 10.0. The molecule has 0 aliphatic carbocycles. The highest BCUT2D eigenvalue weighted by Gasteiger charge is 2.30. The van der Waals surface area contributed by atoms with E-state index in [9.17, 15) is 24.3 Å². The SMILES string of the molecule is COc1ccc(-c2nc(C)no2)cc1CC(=O)N[C@H](C(=O)N[C@@H](CC(=O)O)C(=O)CN(C)C(C)C)C(C)C. The van der Waals surface area contributed by atoms with Gasteiger partial charge in [0.05, 0.1) is 32.5 Å². The summed E-state index contributed by atoms with van der Waals surface area (Å²) in [6.07, 6.45) is -0.675. The predicted octanol–water partition coefficient (Wildman–Crippen LogP) is 1.61. The lowest BCUT2D eigenvalue weighted by Crippen LogP contribution is -2.55. The third-order valence-electron chi connectivity index (χ3n) is 6.04. The largest absolute Gasteiger partial charge is 0.496 e. The number of aliphatic carboxylic acids is 1. The summed E-state index contributed by atoms with van der Waals surface area (Å²) in [5, 5.41) is 18.3. The molecule has 0 aliphatic heterocycles. The molecule has 3 N–H and O–H groups in total. The van der Waals surface area contributed by atoms with Gasteiger partial charge >= 0.3 is 5.97 Å². The molecule has 38 heavy (non-hydrogen) atoms. The van der Waals surface area contributed by atoms with Gasteiger partial charge in [0, 0.05) is 17.2 Å². The minimum absolute atomic E-state index is 0.0235. The number of Topliss-reactive ketones (excluding diaryl/α,β-unsaturated/α-hetero) is 1. The van der Waals surface area contributed by atoms with Crippen molar-refractivity contribution in [3.05, 3.63) is 29.6 Å². The Bertz CT molecular complexity index is 1140. The van der Waals surface area contributed by atoms with Crippen molar-refractivity contribution in [1.29, 1.82) is 0 Å². The van der Waals surface area contributed by atoms with Crippen LogP contribution in [0.25, 0.3) is 11.5 Å². The van der Waals surface area contributed by atoms with Crippen LogP contribution in [0.15, 0.2) is 22.7 Å². The Morgan fingerprint density at radius 2 is 1.82 bits per heavy atom. The molecule has 0 saturated heterocycles. The van der Waals surface area contributed by atoms with Crippen molar-refractivity contribution >= 4 is 23.6 Å². The molecule has 0 unspecified atom stereocenters. The number of hydrogen-bond acceptors (Lipinski definition) is 9. The normalized spacial score (nSPS) is 12.9. The van der Waals surface area contributed by atoms with Crippen LogP contribution >= 0.6 is 0 Å². The minimum Gasteiger partial charge on any atom is -0.496 e. The molecule has 208 valence electrons. The van der Waals surface area contributed by atoms with Crippen LogP contribution in [0, 0.1) is 12.8 Å². The van der Waals surface area contributed by atoms with Crippen LogP contribution < -0.4 is 15.4 Å². The molecular formula is C26H37N5O7. The Morgan fingerprint density at radius 1 is 1.13 bits per heavy atom. The number of nitrogens with one attached hydrogen (secondary N) is 2. The topological polar surface area (TPSA) is 164 Å². The monoisotopic (exact) mass is 531 g/mol. The second kappa shape index (κ2) is 13.7. The van der Waals surface area contributed by atoms with Gasteiger partial charge < -0.3 is 25.0 Å². The smallest absolute Gasteiger partial charge is 0.305 e. The van der Waals surface area contributed by atoms with E-state index in [2.05, 4.69) is 20.8 Å². The van der Waals surface area contributed by atoms with Gasteiger partial charge in [-0.25, -0.2) is 0 Å². The van der Waals surface area contributed by atoms with E-state index < -0.39 is 42.1 Å². The van der Waals surface area contributed by atoms with Crippen molar-refractivity contribution in [2.75, 3.05) is 20.7 Å². The molecule has 0 fully saturated rings. The summed E-state index contributed by atoms with van der Waals surface area (Å²) in [6.45, 7) is 8.95. The highest BCUT2D eigenvalue weighted by atomic mass is 16.5. The summed E-state index contributed by atoms with van der Waals surface area (Å²) in [7, 11) is 3.22. The number of aromatic nitrogens is 2. The number of ether oxygens (including phenoxy) is 1. The number of aryl methyl sites for hydroxylation is 1. The molecule has 0 radical (unpaired) electrons. The lowest BCUT2D eigenvalue weighted by molar-refractivity contribution is -0.141. The molecule has 1 aromatic carbocycles. The third-order valence-corrected chi connectivity index (χ3v) is 6.04. The van der Waals surface area contributed by atoms with Crippen molar-refractivity contribution in [2.45, 2.75) is 65.6 Å². The molecule has 0 saturated carbocycles. The number of hydrogen-bond donors (Lipinski definition) is 3. The van der Waals surface area contributed by atoms with Crippen molar-refractivity contribution in [1.82, 2.24) is 25.7 Å². The maximum atomic E-state index is 13.1. The number of carbonyl (C=O) groups is 4. The molecule has 1 aromatic heterocycles. The van der Waals surface area contributed by atoms with Gasteiger partial charge in [-0.2, -0.15) is 4.98 Å². The molecule has 0 aliphatic rings. The number of ketones is 1. The van der Waals surface area contributed by atoms with Crippen molar-refractivity contribution in [3.63, 3.8) is 0 Å². The predicted molar refractivity (Wildman–Crippen MR) is 138 cm³/mol. The fourth-order valence-corrected chi connectivity index (χ4v) is 3.62. The van der Waals surface area contributed by atoms with Crippen LogP contribution in [0.5, 0.6) is 5.75 Å². The summed E-state index contributed by atoms with van der Waals surface area (Å²) in [5.74, 6) is -1.86. The van der Waals surface area contributed by atoms with Gasteiger partial charge in [0.1, 0.15) is 11.8 Å². The van der Waals surface area contributed by atoms with E-state index in [1.54, 1.807) is 50.9 Å². The molecule has 12 nitrogen and oxygen atoms in total. The Labute approximate surface area is 222 Å². The first-order valence-electron chi connectivity index (χ1n) is 12.3. The first-order chi connectivity index (χ1) is 17.8. The Hall–Kier alpha value is -3.80. The van der Waals surface area contributed by atoms with Gasteiger partial charge in [-0.15, -0.1) is 0 Å². The van der Waals surface area contributed by atoms with Gasteiger partial charge in [0.2, 0.25) is 11.8 Å². The summed E-state index contributed by atoms with van der Waals surface area (Å²) in [6, 6.07) is 2.94. The quantitative estimate of drug-likeness (QED) is 0.326. The molecular weight excluding hydrogens is 494 g/mol. The van der Waals surface area contributed by atoms with E-state index in [1.807, 2.05) is 13.8 Å². The van der Waals surface area contributed by atoms with E-state index in [1.165, 1.54) is 7.11 Å². The second-order valence-electron chi connectivity index (χ2n) is 9.77. The van der Waals surface area contributed by atoms with Crippen LogP contribution in [0.1, 0.15) is 45.5 Å². The highest BCUT2D eigenvalue weighted by molar-refractivity contribution is 5.95. The van der Waals surface area contributed by atoms with E-state index in [4.69, 9.17) is 9.26 Å². The molecule has 12 heteroatoms. The number of rotatable bonds is 14. The van der Waals surface area contributed by atoms with Gasteiger partial charge in [-0.3, -0.25) is 24.1 Å². The van der Waals surface area contributed by atoms with Gasteiger partial charge in [0.15, 0.2) is 11.6 Å². The van der Waals surface area contributed by atoms with Crippen LogP contribution in [0.3, 0.4) is 0 Å². The minimum atomic E-state index is -1.23. The maximum Gasteiger partial charge on any atom is 0.305 e. The molecule has 2 atom stereocenters. The van der Waals surface area contributed by atoms with Crippen LogP contribution in [0.2, 0.25) is 0 Å². The first-order valence-corrected chi connectivity index (χ1v) is 12.3. The van der Waals surface area contributed by atoms with Gasteiger partial charge in [-0.05, 0) is 51.9 Å². The molecule has 2 amide bonds. The van der Waals surface area contributed by atoms with Crippen LogP contribution in [0.4, 0.5) is 0 Å². The summed E-state index contributed by atoms with van der Waals surface area (Å²) < 4.78 is 10.6. The average molecular weight is 532 g/mol. The number of carboxylic acid groups (broad SMARTS) is 1. The number of amides is 2. The standard InChI is InChI=1S/C26H37N5O7/c1-14(2)24(25(36)28-19(12-23(34)35)20(32)13-31(6)15(3)4)29-22(33)11-18-10-17(8-9-21(18)37-7)26-27-16(5)30-38-26/h8-10,14-15,19,24H,11-13H2,1-7H3,(H,28,36)(H,29,33)(H,34,35)/t19-,24-/m0/s1. The zero-order valence-corrected chi connectivity index (χ0v) is 22.9. The second-order valence-corrected chi connectivity index (χ2v) is 9.77. The van der Waals surface area contributed by atoms with Crippen molar-refractivity contribution in [3.8, 4) is 17.2 Å². The zero-order chi connectivity index (χ0) is 28.6. The van der Waals surface area contributed by atoms with E-state index in [0.29, 0.717) is 28.6 Å². The van der Waals surface area contributed by atoms with Gasteiger partial charge in [-0.1, -0.05) is 19.0 Å². The van der Waals surface area contributed by atoms with Crippen LogP contribution in [-0.4, -0.2) is 82.5 Å². The molecule has 1 heterocycles. The van der Waals surface area contributed by atoms with Crippen molar-refractivity contribution in [2.24, 2.45) is 5.92 Å². The number of carboxylic acids is 1. The number of benzene rings is 1. The summed E-state index contributed by atoms with van der Waals surface area (Å²) in [4.78, 5) is 56.2. The zero-order valence-electron chi connectivity index (χ0n) is 22.9. The third kappa shape index (κ3) is 8.65. The molecule has 0 bridgehead atoms. The van der Waals surface area contributed by atoms with E-state index >= 15 is 0 Å². The average Bonchev–Trinajstić information content (AvgIpc) is 3.27. The molecule has 2 aromatic rings. The molecule has 0 spiro atoms. The molecule has 2 rings (SSSR count). The Morgan fingerprint density at radius 3 is 2.34 bits per heavy atom. The Balaban J connectivity index is 2.17. The fraction of sp³-hybridized carbons (Fsp3) is 0.538.